The van der Waals surface area contributed by atoms with Crippen LogP contribution in [0.5, 0.6) is 0 Å². The smallest absolute Gasteiger partial charge is 0.134 e. The maximum Gasteiger partial charge on any atom is 0.134 e. The summed E-state index contributed by atoms with van der Waals surface area (Å²) < 4.78 is 41.0. The summed E-state index contributed by atoms with van der Waals surface area (Å²) in [5, 5.41) is -1.02. The molecule has 0 spiro atoms. The molecule has 0 saturated heterocycles. The number of alkyl halides is 1. The van der Waals surface area contributed by atoms with Gasteiger partial charge in [0.1, 0.15) is 17.5 Å². The fourth-order valence-corrected chi connectivity index (χ4v) is 2.83. The third-order valence-corrected chi connectivity index (χ3v) is 3.58. The second-order valence-corrected chi connectivity index (χ2v) is 5.56. The molecule has 19 heavy (non-hydrogen) atoms. The molecule has 1 unspecified atom stereocenters. The number of rotatable bonds is 2. The molecule has 0 heterocycles. The summed E-state index contributed by atoms with van der Waals surface area (Å²) in [4.78, 5) is 0. The van der Waals surface area contributed by atoms with Gasteiger partial charge in [-0.2, -0.15) is 0 Å². The van der Waals surface area contributed by atoms with Crippen LogP contribution in [0.2, 0.25) is 0 Å². The molecule has 2 rings (SSSR count). The lowest BCUT2D eigenvalue weighted by Crippen LogP contribution is -2.02. The highest BCUT2D eigenvalue weighted by atomic mass is 79.9. The van der Waals surface area contributed by atoms with E-state index in [9.17, 15) is 13.2 Å². The summed E-state index contributed by atoms with van der Waals surface area (Å²) in [5.74, 6) is -2.95. The topological polar surface area (TPSA) is 0 Å². The molecular formula is C14H9BrClF3. The Kier molecular flexibility index (Phi) is 4.21. The van der Waals surface area contributed by atoms with Crippen LogP contribution >= 0.6 is 27.5 Å². The second kappa shape index (κ2) is 5.55. The van der Waals surface area contributed by atoms with Gasteiger partial charge in [0.2, 0.25) is 0 Å². The van der Waals surface area contributed by atoms with Crippen molar-refractivity contribution in [2.24, 2.45) is 0 Å². The molecule has 0 nitrogen and oxygen atoms in total. The summed E-state index contributed by atoms with van der Waals surface area (Å²) in [5.41, 5.74) is 1.09. The van der Waals surface area contributed by atoms with E-state index in [2.05, 4.69) is 15.9 Å². The van der Waals surface area contributed by atoms with Crippen molar-refractivity contribution >= 4 is 27.5 Å². The molecule has 0 aliphatic rings. The highest BCUT2D eigenvalue weighted by Gasteiger charge is 2.21. The quantitative estimate of drug-likeness (QED) is 0.628. The van der Waals surface area contributed by atoms with Crippen LogP contribution in [0.25, 0.3) is 0 Å². The fraction of sp³-hybridized carbons (Fsp3) is 0.143. The molecule has 1 atom stereocenters. The van der Waals surface area contributed by atoms with Gasteiger partial charge in [-0.05, 0) is 30.2 Å². The van der Waals surface area contributed by atoms with Crippen molar-refractivity contribution in [3.8, 4) is 0 Å². The standard InChI is InChI=1S/C14H9BrClF3/c1-7-2-8(4-9(15)3-7)14(16)13-11(18)5-10(17)6-12(13)19/h2-6,14H,1H3. The van der Waals surface area contributed by atoms with Gasteiger partial charge in [0, 0.05) is 22.2 Å². The molecule has 0 fully saturated rings. The van der Waals surface area contributed by atoms with E-state index < -0.39 is 22.8 Å². The predicted molar refractivity (Wildman–Crippen MR) is 72.9 cm³/mol. The second-order valence-electron chi connectivity index (χ2n) is 4.21. The Labute approximate surface area is 122 Å². The Hall–Kier alpha value is -1.00. The van der Waals surface area contributed by atoms with Gasteiger partial charge in [-0.1, -0.05) is 22.0 Å². The fourth-order valence-electron chi connectivity index (χ4n) is 1.87. The molecular weight excluding hydrogens is 341 g/mol. The van der Waals surface area contributed by atoms with Gasteiger partial charge in [0.25, 0.3) is 0 Å². The molecule has 0 radical (unpaired) electrons. The van der Waals surface area contributed by atoms with Gasteiger partial charge in [-0.25, -0.2) is 13.2 Å². The van der Waals surface area contributed by atoms with Gasteiger partial charge < -0.3 is 0 Å². The van der Waals surface area contributed by atoms with E-state index in [1.54, 1.807) is 12.1 Å². The summed E-state index contributed by atoms with van der Waals surface area (Å²) in [6, 6.07) is 6.50. The van der Waals surface area contributed by atoms with E-state index >= 15 is 0 Å². The zero-order chi connectivity index (χ0) is 14.2. The molecule has 0 aliphatic carbocycles. The molecule has 0 aromatic heterocycles. The maximum atomic E-state index is 13.7. The number of hydrogen-bond acceptors (Lipinski definition) is 0. The van der Waals surface area contributed by atoms with Crippen LogP contribution in [-0.2, 0) is 0 Å². The van der Waals surface area contributed by atoms with Crippen LogP contribution in [0.3, 0.4) is 0 Å². The third-order valence-electron chi connectivity index (χ3n) is 2.65. The van der Waals surface area contributed by atoms with E-state index in [-0.39, 0.29) is 5.56 Å². The molecule has 0 aliphatic heterocycles. The molecule has 0 saturated carbocycles. The zero-order valence-corrected chi connectivity index (χ0v) is 12.2. The Bertz CT molecular complexity index is 585. The van der Waals surface area contributed by atoms with Gasteiger partial charge in [-0.3, -0.25) is 0 Å². The van der Waals surface area contributed by atoms with Crippen molar-refractivity contribution in [1.82, 2.24) is 0 Å². The van der Waals surface area contributed by atoms with Crippen molar-refractivity contribution in [1.29, 1.82) is 0 Å². The molecule has 0 bridgehead atoms. The average Bonchev–Trinajstić information content (AvgIpc) is 2.25. The first-order valence-corrected chi connectivity index (χ1v) is 6.67. The van der Waals surface area contributed by atoms with E-state index in [0.29, 0.717) is 17.7 Å². The van der Waals surface area contributed by atoms with Crippen LogP contribution in [0.4, 0.5) is 13.2 Å². The van der Waals surface area contributed by atoms with Crippen LogP contribution in [-0.4, -0.2) is 0 Å². The van der Waals surface area contributed by atoms with Crippen molar-refractivity contribution in [3.63, 3.8) is 0 Å². The third kappa shape index (κ3) is 3.12. The maximum absolute atomic E-state index is 13.7. The number of halogens is 5. The minimum atomic E-state index is -1.02. The number of aryl methyl sites for hydroxylation is 1. The first-order chi connectivity index (χ1) is 8.88. The molecule has 2 aromatic rings. The molecule has 0 amide bonds. The van der Waals surface area contributed by atoms with Crippen molar-refractivity contribution in [2.45, 2.75) is 12.3 Å². The normalized spacial score (nSPS) is 12.5. The molecule has 5 heteroatoms. The predicted octanol–water partition coefficient (Wildman–Crippen LogP) is 5.50. The SMILES string of the molecule is Cc1cc(Br)cc(C(Cl)c2c(F)cc(F)cc2F)c1. The first-order valence-electron chi connectivity index (χ1n) is 5.44. The lowest BCUT2D eigenvalue weighted by molar-refractivity contribution is 0.526. The monoisotopic (exact) mass is 348 g/mol. The molecule has 0 N–H and O–H groups in total. The van der Waals surface area contributed by atoms with Gasteiger partial charge in [0.15, 0.2) is 0 Å². The van der Waals surface area contributed by atoms with Crippen LogP contribution in [0.15, 0.2) is 34.8 Å². The number of benzene rings is 2. The largest absolute Gasteiger partial charge is 0.207 e. The van der Waals surface area contributed by atoms with Gasteiger partial charge in [0.05, 0.1) is 5.38 Å². The average molecular weight is 350 g/mol. The minimum Gasteiger partial charge on any atom is -0.207 e. The first kappa shape index (κ1) is 14.4. The van der Waals surface area contributed by atoms with Crippen molar-refractivity contribution in [3.05, 3.63) is 68.9 Å². The van der Waals surface area contributed by atoms with E-state index in [4.69, 9.17) is 11.6 Å². The summed E-state index contributed by atoms with van der Waals surface area (Å²) in [6.45, 7) is 1.84. The van der Waals surface area contributed by atoms with E-state index in [1.165, 1.54) is 0 Å². The Balaban J connectivity index is 2.52. The lowest BCUT2D eigenvalue weighted by Gasteiger charge is -2.14. The molecule has 100 valence electrons. The summed E-state index contributed by atoms with van der Waals surface area (Å²) in [6.07, 6.45) is 0. The molecule has 2 aromatic carbocycles. The Morgan fingerprint density at radius 3 is 2.11 bits per heavy atom. The van der Waals surface area contributed by atoms with Gasteiger partial charge in [-0.15, -0.1) is 11.6 Å². The van der Waals surface area contributed by atoms with Crippen molar-refractivity contribution < 1.29 is 13.2 Å². The summed E-state index contributed by atoms with van der Waals surface area (Å²) >= 11 is 9.41. The van der Waals surface area contributed by atoms with E-state index in [1.807, 2.05) is 13.0 Å². The Morgan fingerprint density at radius 2 is 1.58 bits per heavy atom. The van der Waals surface area contributed by atoms with Crippen molar-refractivity contribution in [2.75, 3.05) is 0 Å². The van der Waals surface area contributed by atoms with Crippen LogP contribution in [0, 0.1) is 24.4 Å². The number of hydrogen-bond donors (Lipinski definition) is 0. The van der Waals surface area contributed by atoms with E-state index in [0.717, 1.165) is 10.0 Å². The minimum absolute atomic E-state index is 0.347. The zero-order valence-electron chi connectivity index (χ0n) is 9.85. The highest BCUT2D eigenvalue weighted by Crippen LogP contribution is 2.34. The highest BCUT2D eigenvalue weighted by molar-refractivity contribution is 9.10. The lowest BCUT2D eigenvalue weighted by atomic mass is 10.0. The van der Waals surface area contributed by atoms with Gasteiger partial charge >= 0.3 is 0 Å². The van der Waals surface area contributed by atoms with Crippen LogP contribution < -0.4 is 0 Å². The van der Waals surface area contributed by atoms with Crippen LogP contribution in [0.1, 0.15) is 22.1 Å². The summed E-state index contributed by atoms with van der Waals surface area (Å²) in [7, 11) is 0. The Morgan fingerprint density at radius 1 is 1.00 bits per heavy atom.